The first-order valence-corrected chi connectivity index (χ1v) is 8.25. The Bertz CT molecular complexity index is 797. The number of carbonyl (C=O) groups is 2. The standard InChI is InChI=1S/C18H18ClN3O3/c1-25-18(24)15-9-12-5-2-3-6-13(12)10-22(15)11-16(23)21-14-7-4-8-20-17(14)19/h2-8,15H,9-11H2,1H3,(H,21,23)/t15-/m0/s1. The van der Waals surface area contributed by atoms with Crippen LogP contribution in [0.3, 0.4) is 0 Å². The summed E-state index contributed by atoms with van der Waals surface area (Å²) in [6, 6.07) is 10.8. The van der Waals surface area contributed by atoms with E-state index in [-0.39, 0.29) is 23.6 Å². The summed E-state index contributed by atoms with van der Waals surface area (Å²) in [5.41, 5.74) is 2.65. The average molecular weight is 360 g/mol. The van der Waals surface area contributed by atoms with Gasteiger partial charge in [0.15, 0.2) is 5.15 Å². The summed E-state index contributed by atoms with van der Waals surface area (Å²) < 4.78 is 4.91. The van der Waals surface area contributed by atoms with E-state index in [4.69, 9.17) is 16.3 Å². The average Bonchev–Trinajstić information content (AvgIpc) is 2.62. The number of fused-ring (bicyclic) bond motifs is 1. The number of aromatic nitrogens is 1. The van der Waals surface area contributed by atoms with E-state index in [0.29, 0.717) is 18.7 Å². The first-order chi connectivity index (χ1) is 12.1. The molecule has 0 saturated carbocycles. The van der Waals surface area contributed by atoms with Crippen LogP contribution < -0.4 is 5.32 Å². The summed E-state index contributed by atoms with van der Waals surface area (Å²) in [5, 5.41) is 2.96. The molecule has 0 radical (unpaired) electrons. The summed E-state index contributed by atoms with van der Waals surface area (Å²) in [6.45, 7) is 0.559. The molecule has 1 aromatic heterocycles. The second kappa shape index (κ2) is 7.63. The van der Waals surface area contributed by atoms with Gasteiger partial charge in [0.1, 0.15) is 6.04 Å². The van der Waals surface area contributed by atoms with Crippen LogP contribution in [0.4, 0.5) is 5.69 Å². The molecule has 0 spiro atoms. The molecule has 0 bridgehead atoms. The molecule has 1 aromatic carbocycles. The zero-order valence-corrected chi connectivity index (χ0v) is 14.5. The number of hydrogen-bond acceptors (Lipinski definition) is 5. The van der Waals surface area contributed by atoms with E-state index in [2.05, 4.69) is 10.3 Å². The normalized spacial score (nSPS) is 16.8. The van der Waals surface area contributed by atoms with Crippen LogP contribution in [0.1, 0.15) is 11.1 Å². The number of esters is 1. The molecule has 2 heterocycles. The van der Waals surface area contributed by atoms with E-state index < -0.39 is 6.04 Å². The molecule has 0 saturated heterocycles. The van der Waals surface area contributed by atoms with E-state index in [9.17, 15) is 9.59 Å². The lowest BCUT2D eigenvalue weighted by Crippen LogP contribution is -2.49. The number of carbonyl (C=O) groups excluding carboxylic acids is 2. The van der Waals surface area contributed by atoms with Crippen LogP contribution in [-0.2, 0) is 27.3 Å². The van der Waals surface area contributed by atoms with Gasteiger partial charge in [-0.05, 0) is 29.7 Å². The minimum Gasteiger partial charge on any atom is -0.468 e. The molecular weight excluding hydrogens is 342 g/mol. The number of halogens is 1. The van der Waals surface area contributed by atoms with Crippen LogP contribution in [0, 0.1) is 0 Å². The van der Waals surface area contributed by atoms with Gasteiger partial charge in [0.2, 0.25) is 5.91 Å². The van der Waals surface area contributed by atoms with Crippen molar-refractivity contribution in [2.75, 3.05) is 19.0 Å². The highest BCUT2D eigenvalue weighted by molar-refractivity contribution is 6.32. The van der Waals surface area contributed by atoms with E-state index in [1.807, 2.05) is 29.2 Å². The number of rotatable bonds is 4. The van der Waals surface area contributed by atoms with Crippen molar-refractivity contribution in [2.24, 2.45) is 0 Å². The van der Waals surface area contributed by atoms with Gasteiger partial charge in [-0.2, -0.15) is 0 Å². The number of ether oxygens (including phenoxy) is 1. The number of pyridine rings is 1. The van der Waals surface area contributed by atoms with E-state index in [0.717, 1.165) is 11.1 Å². The highest BCUT2D eigenvalue weighted by Gasteiger charge is 2.33. The summed E-state index contributed by atoms with van der Waals surface area (Å²) in [7, 11) is 1.36. The lowest BCUT2D eigenvalue weighted by Gasteiger charge is -2.34. The Balaban J connectivity index is 1.75. The molecule has 3 rings (SSSR count). The van der Waals surface area contributed by atoms with Crippen molar-refractivity contribution in [3.05, 3.63) is 58.9 Å². The summed E-state index contributed by atoms with van der Waals surface area (Å²) in [5.74, 6) is -0.607. The SMILES string of the molecule is COC(=O)[C@@H]1Cc2ccccc2CN1CC(=O)Nc1cccnc1Cl. The van der Waals surface area contributed by atoms with Gasteiger partial charge in [-0.25, -0.2) is 4.98 Å². The molecule has 1 amide bonds. The quantitative estimate of drug-likeness (QED) is 0.669. The topological polar surface area (TPSA) is 71.5 Å². The van der Waals surface area contributed by atoms with Gasteiger partial charge in [0, 0.05) is 12.7 Å². The van der Waals surface area contributed by atoms with Crippen LogP contribution in [0.15, 0.2) is 42.6 Å². The second-order valence-corrected chi connectivity index (χ2v) is 6.16. The monoisotopic (exact) mass is 359 g/mol. The van der Waals surface area contributed by atoms with E-state index in [1.54, 1.807) is 18.3 Å². The lowest BCUT2D eigenvalue weighted by atomic mass is 9.94. The van der Waals surface area contributed by atoms with E-state index >= 15 is 0 Å². The Hall–Kier alpha value is -2.44. The smallest absolute Gasteiger partial charge is 0.323 e. The Morgan fingerprint density at radius 2 is 2.04 bits per heavy atom. The van der Waals surface area contributed by atoms with Gasteiger partial charge < -0.3 is 10.1 Å². The van der Waals surface area contributed by atoms with Crippen molar-refractivity contribution < 1.29 is 14.3 Å². The fraction of sp³-hybridized carbons (Fsp3) is 0.278. The Labute approximate surface area is 150 Å². The molecule has 1 aliphatic heterocycles. The molecule has 7 heteroatoms. The van der Waals surface area contributed by atoms with Crippen molar-refractivity contribution >= 4 is 29.2 Å². The number of nitrogens with one attached hydrogen (secondary N) is 1. The molecule has 2 aromatic rings. The summed E-state index contributed by atoms with van der Waals surface area (Å²) in [4.78, 5) is 30.3. The largest absolute Gasteiger partial charge is 0.468 e. The lowest BCUT2D eigenvalue weighted by molar-refractivity contribution is -0.148. The minimum atomic E-state index is -0.491. The molecular formula is C18H18ClN3O3. The van der Waals surface area contributed by atoms with Gasteiger partial charge in [-0.3, -0.25) is 14.5 Å². The number of hydrogen-bond donors (Lipinski definition) is 1. The maximum atomic E-state index is 12.4. The first-order valence-electron chi connectivity index (χ1n) is 7.87. The van der Waals surface area contributed by atoms with Crippen molar-refractivity contribution in [1.82, 2.24) is 9.88 Å². The van der Waals surface area contributed by atoms with Gasteiger partial charge in [-0.1, -0.05) is 35.9 Å². The maximum Gasteiger partial charge on any atom is 0.323 e. The van der Waals surface area contributed by atoms with Crippen molar-refractivity contribution in [1.29, 1.82) is 0 Å². The van der Waals surface area contributed by atoms with Gasteiger partial charge in [0.05, 0.1) is 19.3 Å². The zero-order chi connectivity index (χ0) is 17.8. The van der Waals surface area contributed by atoms with E-state index in [1.165, 1.54) is 7.11 Å². The molecule has 0 aliphatic carbocycles. The predicted molar refractivity (Wildman–Crippen MR) is 94.2 cm³/mol. The van der Waals surface area contributed by atoms with Crippen LogP contribution in [0.25, 0.3) is 0 Å². The molecule has 1 atom stereocenters. The number of methoxy groups -OCH3 is 1. The fourth-order valence-electron chi connectivity index (χ4n) is 2.97. The van der Waals surface area contributed by atoms with Gasteiger partial charge in [0.25, 0.3) is 0 Å². The Kier molecular flexibility index (Phi) is 5.31. The highest BCUT2D eigenvalue weighted by Crippen LogP contribution is 2.24. The van der Waals surface area contributed by atoms with Crippen LogP contribution >= 0.6 is 11.6 Å². The van der Waals surface area contributed by atoms with Crippen molar-refractivity contribution in [2.45, 2.75) is 19.0 Å². The third-order valence-electron chi connectivity index (χ3n) is 4.20. The molecule has 0 unspecified atom stereocenters. The zero-order valence-electron chi connectivity index (χ0n) is 13.7. The van der Waals surface area contributed by atoms with Gasteiger partial charge in [-0.15, -0.1) is 0 Å². The highest BCUT2D eigenvalue weighted by atomic mass is 35.5. The molecule has 1 N–H and O–H groups in total. The fourth-order valence-corrected chi connectivity index (χ4v) is 3.13. The van der Waals surface area contributed by atoms with Crippen LogP contribution in [0.5, 0.6) is 0 Å². The Morgan fingerprint density at radius 3 is 2.76 bits per heavy atom. The first kappa shape index (κ1) is 17.4. The number of anilines is 1. The minimum absolute atomic E-state index is 0.0549. The number of nitrogens with zero attached hydrogens (tertiary/aromatic N) is 2. The Morgan fingerprint density at radius 1 is 1.28 bits per heavy atom. The molecule has 6 nitrogen and oxygen atoms in total. The van der Waals surface area contributed by atoms with Crippen molar-refractivity contribution in [3.8, 4) is 0 Å². The molecule has 1 aliphatic rings. The number of amides is 1. The van der Waals surface area contributed by atoms with Crippen LogP contribution in [0.2, 0.25) is 5.15 Å². The van der Waals surface area contributed by atoms with Crippen LogP contribution in [-0.4, -0.2) is 41.5 Å². The number of benzene rings is 1. The molecule has 130 valence electrons. The third-order valence-corrected chi connectivity index (χ3v) is 4.50. The van der Waals surface area contributed by atoms with Gasteiger partial charge >= 0.3 is 5.97 Å². The maximum absolute atomic E-state index is 12.4. The predicted octanol–water partition coefficient (Wildman–Crippen LogP) is 2.27. The van der Waals surface area contributed by atoms with Crippen molar-refractivity contribution in [3.63, 3.8) is 0 Å². The summed E-state index contributed by atoms with van der Waals surface area (Å²) >= 11 is 5.97. The summed E-state index contributed by atoms with van der Waals surface area (Å²) in [6.07, 6.45) is 2.07. The second-order valence-electron chi connectivity index (χ2n) is 5.81. The molecule has 25 heavy (non-hydrogen) atoms. The molecule has 0 fully saturated rings. The third kappa shape index (κ3) is 3.97.